The van der Waals surface area contributed by atoms with Crippen LogP contribution in [0.2, 0.25) is 0 Å². The maximum atomic E-state index is 5.93. The molecule has 2 aromatic carbocycles. The van der Waals surface area contributed by atoms with Gasteiger partial charge < -0.3 is 10.6 Å². The molecule has 0 saturated carbocycles. The molecule has 0 spiro atoms. The van der Waals surface area contributed by atoms with E-state index in [4.69, 9.17) is 5.73 Å². The lowest BCUT2D eigenvalue weighted by Gasteiger charge is -2.31. The van der Waals surface area contributed by atoms with Gasteiger partial charge in [0.2, 0.25) is 0 Å². The standard InChI is InChI=1S/C16H17BrN2/c17-14-5-1-3-12(9-14)11-19-8-2-4-13-6-7-15(18)10-16(13)19/h1,3,5-7,9-10H,2,4,8,11,18H2. The van der Waals surface area contributed by atoms with E-state index in [1.807, 2.05) is 6.07 Å². The average molecular weight is 317 g/mol. The van der Waals surface area contributed by atoms with E-state index in [0.29, 0.717) is 0 Å². The number of fused-ring (bicyclic) bond motifs is 1. The highest BCUT2D eigenvalue weighted by molar-refractivity contribution is 9.10. The van der Waals surface area contributed by atoms with Gasteiger partial charge >= 0.3 is 0 Å². The number of halogens is 1. The third-order valence-corrected chi connectivity index (χ3v) is 4.08. The van der Waals surface area contributed by atoms with Gasteiger partial charge in [0.05, 0.1) is 0 Å². The fourth-order valence-corrected chi connectivity index (χ4v) is 3.13. The average Bonchev–Trinajstić information content (AvgIpc) is 2.39. The van der Waals surface area contributed by atoms with Crippen LogP contribution in [-0.4, -0.2) is 6.54 Å². The van der Waals surface area contributed by atoms with Gasteiger partial charge in [-0.2, -0.15) is 0 Å². The summed E-state index contributed by atoms with van der Waals surface area (Å²) in [4.78, 5) is 2.43. The van der Waals surface area contributed by atoms with Crippen molar-refractivity contribution in [1.29, 1.82) is 0 Å². The number of anilines is 2. The van der Waals surface area contributed by atoms with Crippen LogP contribution in [-0.2, 0) is 13.0 Å². The van der Waals surface area contributed by atoms with Gasteiger partial charge in [-0.1, -0.05) is 34.1 Å². The molecular weight excluding hydrogens is 300 g/mol. The number of aryl methyl sites for hydroxylation is 1. The maximum Gasteiger partial charge on any atom is 0.0429 e. The Morgan fingerprint density at radius 1 is 1.16 bits per heavy atom. The Kier molecular flexibility index (Phi) is 3.47. The number of benzene rings is 2. The van der Waals surface area contributed by atoms with E-state index < -0.39 is 0 Å². The molecule has 0 saturated heterocycles. The largest absolute Gasteiger partial charge is 0.399 e. The van der Waals surface area contributed by atoms with Crippen molar-refractivity contribution in [1.82, 2.24) is 0 Å². The molecular formula is C16H17BrN2. The molecule has 0 aliphatic carbocycles. The van der Waals surface area contributed by atoms with Crippen LogP contribution in [0.15, 0.2) is 46.9 Å². The van der Waals surface area contributed by atoms with E-state index >= 15 is 0 Å². The summed E-state index contributed by atoms with van der Waals surface area (Å²) in [6.07, 6.45) is 2.37. The van der Waals surface area contributed by atoms with Crippen molar-refractivity contribution in [2.75, 3.05) is 17.2 Å². The highest BCUT2D eigenvalue weighted by Gasteiger charge is 2.17. The van der Waals surface area contributed by atoms with Crippen molar-refractivity contribution in [3.05, 3.63) is 58.1 Å². The van der Waals surface area contributed by atoms with Gasteiger partial charge in [0.15, 0.2) is 0 Å². The Morgan fingerprint density at radius 3 is 2.89 bits per heavy atom. The van der Waals surface area contributed by atoms with Crippen molar-refractivity contribution in [3.8, 4) is 0 Å². The van der Waals surface area contributed by atoms with Gasteiger partial charge in [-0.3, -0.25) is 0 Å². The van der Waals surface area contributed by atoms with Gasteiger partial charge in [0.1, 0.15) is 0 Å². The van der Waals surface area contributed by atoms with Gasteiger partial charge in [0, 0.05) is 28.9 Å². The number of nitrogens with zero attached hydrogens (tertiary/aromatic N) is 1. The van der Waals surface area contributed by atoms with Crippen LogP contribution in [0.4, 0.5) is 11.4 Å². The Morgan fingerprint density at radius 2 is 2.05 bits per heavy atom. The Balaban J connectivity index is 1.89. The normalized spacial score (nSPS) is 14.3. The second-order valence-electron chi connectivity index (χ2n) is 5.04. The molecule has 19 heavy (non-hydrogen) atoms. The molecule has 1 aliphatic rings. The summed E-state index contributed by atoms with van der Waals surface area (Å²) < 4.78 is 1.13. The van der Waals surface area contributed by atoms with Crippen LogP contribution in [0.3, 0.4) is 0 Å². The lowest BCUT2D eigenvalue weighted by Crippen LogP contribution is -2.28. The number of hydrogen-bond donors (Lipinski definition) is 1. The van der Waals surface area contributed by atoms with Crippen molar-refractivity contribution in [3.63, 3.8) is 0 Å². The molecule has 0 unspecified atom stereocenters. The molecule has 1 heterocycles. The number of nitrogens with two attached hydrogens (primary N) is 1. The van der Waals surface area contributed by atoms with Crippen LogP contribution < -0.4 is 10.6 Å². The molecule has 3 heteroatoms. The van der Waals surface area contributed by atoms with Crippen LogP contribution in [0.25, 0.3) is 0 Å². The van der Waals surface area contributed by atoms with E-state index in [9.17, 15) is 0 Å². The minimum Gasteiger partial charge on any atom is -0.399 e. The van der Waals surface area contributed by atoms with E-state index in [1.165, 1.54) is 23.2 Å². The summed E-state index contributed by atoms with van der Waals surface area (Å²) >= 11 is 3.53. The van der Waals surface area contributed by atoms with Crippen molar-refractivity contribution < 1.29 is 0 Å². The first kappa shape index (κ1) is 12.5. The summed E-state index contributed by atoms with van der Waals surface area (Å²) in [7, 11) is 0. The fraction of sp³-hybridized carbons (Fsp3) is 0.250. The third-order valence-electron chi connectivity index (χ3n) is 3.59. The quantitative estimate of drug-likeness (QED) is 0.849. The van der Waals surface area contributed by atoms with Gasteiger partial charge in [-0.25, -0.2) is 0 Å². The summed E-state index contributed by atoms with van der Waals surface area (Å²) in [6, 6.07) is 14.8. The minimum atomic E-state index is 0.847. The van der Waals surface area contributed by atoms with Crippen molar-refractivity contribution >= 4 is 27.3 Å². The Hall–Kier alpha value is -1.48. The Bertz CT molecular complexity index is 595. The molecule has 0 amide bonds. The van der Waals surface area contributed by atoms with Gasteiger partial charge in [-0.05, 0) is 48.2 Å². The SMILES string of the molecule is Nc1ccc2c(c1)N(Cc1cccc(Br)c1)CCC2. The summed E-state index contributed by atoms with van der Waals surface area (Å²) in [6.45, 7) is 2.04. The monoisotopic (exact) mass is 316 g/mol. The van der Waals surface area contributed by atoms with E-state index in [2.05, 4.69) is 57.2 Å². The molecule has 0 radical (unpaired) electrons. The van der Waals surface area contributed by atoms with E-state index in [1.54, 1.807) is 0 Å². The van der Waals surface area contributed by atoms with Crippen LogP contribution in [0.1, 0.15) is 17.5 Å². The molecule has 2 aromatic rings. The lowest BCUT2D eigenvalue weighted by atomic mass is 10.0. The third kappa shape index (κ3) is 2.76. The van der Waals surface area contributed by atoms with Gasteiger partial charge in [-0.15, -0.1) is 0 Å². The molecule has 0 aromatic heterocycles. The van der Waals surface area contributed by atoms with E-state index in [-0.39, 0.29) is 0 Å². The highest BCUT2D eigenvalue weighted by atomic mass is 79.9. The lowest BCUT2D eigenvalue weighted by molar-refractivity contribution is 0.691. The molecule has 2 N–H and O–H groups in total. The highest BCUT2D eigenvalue weighted by Crippen LogP contribution is 2.30. The van der Waals surface area contributed by atoms with Crippen LogP contribution in [0, 0.1) is 0 Å². The first-order chi connectivity index (χ1) is 9.22. The molecule has 0 bridgehead atoms. The second kappa shape index (κ2) is 5.25. The maximum absolute atomic E-state index is 5.93. The number of rotatable bonds is 2. The Labute approximate surface area is 122 Å². The van der Waals surface area contributed by atoms with Crippen LogP contribution >= 0.6 is 15.9 Å². The number of nitrogen functional groups attached to an aromatic ring is 1. The molecule has 3 rings (SSSR count). The molecule has 2 nitrogen and oxygen atoms in total. The second-order valence-corrected chi connectivity index (χ2v) is 5.96. The number of hydrogen-bond acceptors (Lipinski definition) is 2. The predicted octanol–water partition coefficient (Wildman–Crippen LogP) is 3.98. The summed E-state index contributed by atoms with van der Waals surface area (Å²) in [5, 5.41) is 0. The van der Waals surface area contributed by atoms with Gasteiger partial charge in [0.25, 0.3) is 0 Å². The predicted molar refractivity (Wildman–Crippen MR) is 84.4 cm³/mol. The zero-order valence-corrected chi connectivity index (χ0v) is 12.4. The minimum absolute atomic E-state index is 0.847. The summed E-state index contributed by atoms with van der Waals surface area (Å²) in [5.41, 5.74) is 10.8. The molecule has 0 fully saturated rings. The van der Waals surface area contributed by atoms with E-state index in [0.717, 1.165) is 29.7 Å². The fourth-order valence-electron chi connectivity index (χ4n) is 2.69. The first-order valence-electron chi connectivity index (χ1n) is 6.60. The zero-order valence-electron chi connectivity index (χ0n) is 10.8. The van der Waals surface area contributed by atoms with Crippen LogP contribution in [0.5, 0.6) is 0 Å². The topological polar surface area (TPSA) is 29.3 Å². The first-order valence-corrected chi connectivity index (χ1v) is 7.39. The molecule has 0 atom stereocenters. The summed E-state index contributed by atoms with van der Waals surface area (Å²) in [5.74, 6) is 0. The molecule has 1 aliphatic heterocycles. The van der Waals surface area contributed by atoms with Crippen molar-refractivity contribution in [2.24, 2.45) is 0 Å². The molecule has 98 valence electrons. The smallest absolute Gasteiger partial charge is 0.0429 e. The zero-order chi connectivity index (χ0) is 13.2. The van der Waals surface area contributed by atoms with Crippen molar-refractivity contribution in [2.45, 2.75) is 19.4 Å².